The van der Waals surface area contributed by atoms with Gasteiger partial charge in [0, 0.05) is 13.1 Å². The monoisotopic (exact) mass is 271 g/mol. The summed E-state index contributed by atoms with van der Waals surface area (Å²) in [6.07, 6.45) is 0.975. The van der Waals surface area contributed by atoms with Crippen molar-refractivity contribution in [3.63, 3.8) is 0 Å². The quantitative estimate of drug-likeness (QED) is 0.799. The van der Waals surface area contributed by atoms with Crippen molar-refractivity contribution in [3.8, 4) is 0 Å². The number of ether oxygens (including phenoxy) is 1. The van der Waals surface area contributed by atoms with Crippen LogP contribution in [0.1, 0.15) is 40.5 Å². The van der Waals surface area contributed by atoms with Crippen LogP contribution < -0.4 is 0 Å². The molecule has 0 saturated carbocycles. The Morgan fingerprint density at radius 1 is 1.32 bits per heavy atom. The Hall–Kier alpha value is -1.10. The minimum atomic E-state index is -0.795. The topological polar surface area (TPSA) is 66.8 Å². The summed E-state index contributed by atoms with van der Waals surface area (Å²) >= 11 is 0. The van der Waals surface area contributed by atoms with E-state index in [2.05, 4.69) is 0 Å². The van der Waals surface area contributed by atoms with Crippen molar-refractivity contribution in [1.29, 1.82) is 0 Å². The fourth-order valence-electron chi connectivity index (χ4n) is 2.48. The first kappa shape index (κ1) is 16.0. The molecular weight excluding hydrogens is 246 g/mol. The van der Waals surface area contributed by atoms with Gasteiger partial charge in [-0.15, -0.1) is 0 Å². The molecule has 5 nitrogen and oxygen atoms in total. The minimum absolute atomic E-state index is 0.00979. The van der Waals surface area contributed by atoms with E-state index in [-0.39, 0.29) is 17.9 Å². The van der Waals surface area contributed by atoms with E-state index in [4.69, 9.17) is 4.74 Å². The van der Waals surface area contributed by atoms with Crippen molar-refractivity contribution in [2.75, 3.05) is 19.7 Å². The number of nitrogens with zero attached hydrogens (tertiary/aromatic N) is 1. The van der Waals surface area contributed by atoms with Gasteiger partial charge in [-0.25, -0.2) is 0 Å². The van der Waals surface area contributed by atoms with Crippen LogP contribution in [0.15, 0.2) is 0 Å². The van der Waals surface area contributed by atoms with Crippen LogP contribution in [0, 0.1) is 11.3 Å². The molecule has 0 aromatic carbocycles. The summed E-state index contributed by atoms with van der Waals surface area (Å²) in [4.78, 5) is 25.2. The van der Waals surface area contributed by atoms with Crippen molar-refractivity contribution in [3.05, 3.63) is 0 Å². The lowest BCUT2D eigenvalue weighted by molar-refractivity contribution is -0.151. The third-order valence-electron chi connectivity index (χ3n) is 3.95. The molecule has 0 spiro atoms. The van der Waals surface area contributed by atoms with E-state index in [1.807, 2.05) is 27.7 Å². The number of carboxylic acid groups (broad SMARTS) is 1. The van der Waals surface area contributed by atoms with Crippen molar-refractivity contribution in [2.45, 2.75) is 46.6 Å². The molecule has 0 aliphatic carbocycles. The van der Waals surface area contributed by atoms with Gasteiger partial charge in [0.25, 0.3) is 0 Å². The third-order valence-corrected chi connectivity index (χ3v) is 3.95. The molecule has 1 unspecified atom stereocenters. The van der Waals surface area contributed by atoms with Gasteiger partial charge >= 0.3 is 5.97 Å². The first-order valence-corrected chi connectivity index (χ1v) is 6.92. The fourth-order valence-corrected chi connectivity index (χ4v) is 2.48. The van der Waals surface area contributed by atoms with Gasteiger partial charge in [0.2, 0.25) is 5.91 Å². The molecule has 19 heavy (non-hydrogen) atoms. The Labute approximate surface area is 114 Å². The Balaban J connectivity index is 2.55. The van der Waals surface area contributed by atoms with Crippen LogP contribution in [0.25, 0.3) is 0 Å². The lowest BCUT2D eigenvalue weighted by atomic mass is 9.76. The van der Waals surface area contributed by atoms with E-state index in [1.54, 1.807) is 4.90 Å². The zero-order chi connectivity index (χ0) is 14.6. The number of carbonyl (C=O) groups is 2. The molecule has 1 fully saturated rings. The van der Waals surface area contributed by atoms with Crippen LogP contribution in [0.2, 0.25) is 0 Å². The molecule has 1 amide bonds. The van der Waals surface area contributed by atoms with Gasteiger partial charge in [-0.2, -0.15) is 0 Å². The Kier molecular flexibility index (Phi) is 5.35. The number of carboxylic acids is 1. The molecule has 0 aromatic heterocycles. The molecule has 1 heterocycles. The first-order chi connectivity index (χ1) is 8.79. The number of carbonyl (C=O) groups excluding carboxylic acids is 1. The molecule has 1 rings (SSSR count). The van der Waals surface area contributed by atoms with Crippen LogP contribution in [-0.2, 0) is 14.3 Å². The summed E-state index contributed by atoms with van der Waals surface area (Å²) in [5, 5.41) is 9.42. The smallest absolute Gasteiger partial charge is 0.311 e. The average Bonchev–Trinajstić information content (AvgIpc) is 2.74. The zero-order valence-electron chi connectivity index (χ0n) is 12.3. The second-order valence-electron chi connectivity index (χ2n) is 5.85. The van der Waals surface area contributed by atoms with Gasteiger partial charge in [-0.1, -0.05) is 13.8 Å². The standard InChI is InChI=1S/C14H25NO4/c1-10(2)14(13(17)18)6-7-15(9-14)12(16)5-8-19-11(3)4/h10-11H,5-9H2,1-4H3,(H,17,18). The SMILES string of the molecule is CC(C)OCCC(=O)N1CCC(C(=O)O)(C(C)C)C1. The zero-order valence-corrected chi connectivity index (χ0v) is 12.3. The summed E-state index contributed by atoms with van der Waals surface area (Å²) in [5.41, 5.74) is -0.783. The summed E-state index contributed by atoms with van der Waals surface area (Å²) in [5.74, 6) is -0.782. The van der Waals surface area contributed by atoms with Gasteiger partial charge in [-0.05, 0) is 26.2 Å². The minimum Gasteiger partial charge on any atom is -0.481 e. The molecule has 110 valence electrons. The second kappa shape index (κ2) is 6.37. The van der Waals surface area contributed by atoms with Crippen LogP contribution in [0.5, 0.6) is 0 Å². The Morgan fingerprint density at radius 2 is 1.95 bits per heavy atom. The highest BCUT2D eigenvalue weighted by Gasteiger charge is 2.48. The lowest BCUT2D eigenvalue weighted by Gasteiger charge is -2.28. The average molecular weight is 271 g/mol. The summed E-state index contributed by atoms with van der Waals surface area (Å²) in [7, 11) is 0. The maximum Gasteiger partial charge on any atom is 0.311 e. The number of likely N-dealkylation sites (tertiary alicyclic amines) is 1. The molecule has 1 N–H and O–H groups in total. The highest BCUT2D eigenvalue weighted by Crippen LogP contribution is 2.38. The third kappa shape index (κ3) is 3.69. The number of hydrogen-bond donors (Lipinski definition) is 1. The predicted octanol–water partition coefficient (Wildman–Crippen LogP) is 1.76. The van der Waals surface area contributed by atoms with E-state index in [0.29, 0.717) is 32.5 Å². The summed E-state index contributed by atoms with van der Waals surface area (Å²) in [6.45, 7) is 8.91. The first-order valence-electron chi connectivity index (χ1n) is 6.92. The molecule has 5 heteroatoms. The number of amides is 1. The van der Waals surface area contributed by atoms with E-state index in [1.165, 1.54) is 0 Å². The number of aliphatic carboxylic acids is 1. The van der Waals surface area contributed by atoms with Crippen molar-refractivity contribution < 1.29 is 19.4 Å². The van der Waals surface area contributed by atoms with E-state index >= 15 is 0 Å². The summed E-state index contributed by atoms with van der Waals surface area (Å²) in [6, 6.07) is 0. The fraction of sp³-hybridized carbons (Fsp3) is 0.857. The maximum atomic E-state index is 12.0. The summed E-state index contributed by atoms with van der Waals surface area (Å²) < 4.78 is 5.36. The lowest BCUT2D eigenvalue weighted by Crippen LogP contribution is -2.40. The molecule has 1 aliphatic heterocycles. The van der Waals surface area contributed by atoms with E-state index < -0.39 is 11.4 Å². The highest BCUT2D eigenvalue weighted by molar-refractivity contribution is 5.80. The maximum absolute atomic E-state index is 12.0. The second-order valence-corrected chi connectivity index (χ2v) is 5.85. The van der Waals surface area contributed by atoms with Gasteiger partial charge in [0.1, 0.15) is 0 Å². The van der Waals surface area contributed by atoms with Crippen LogP contribution in [0.3, 0.4) is 0 Å². The predicted molar refractivity (Wildman–Crippen MR) is 71.8 cm³/mol. The van der Waals surface area contributed by atoms with Gasteiger partial charge in [-0.3, -0.25) is 9.59 Å². The molecule has 0 bridgehead atoms. The van der Waals surface area contributed by atoms with Crippen LogP contribution in [0.4, 0.5) is 0 Å². The van der Waals surface area contributed by atoms with Crippen molar-refractivity contribution in [2.24, 2.45) is 11.3 Å². The number of hydrogen-bond acceptors (Lipinski definition) is 3. The van der Waals surface area contributed by atoms with E-state index in [9.17, 15) is 14.7 Å². The normalized spacial score (nSPS) is 23.4. The molecule has 0 aromatic rings. The van der Waals surface area contributed by atoms with Gasteiger partial charge < -0.3 is 14.7 Å². The highest BCUT2D eigenvalue weighted by atomic mass is 16.5. The Bertz CT molecular complexity index is 340. The molecule has 1 atom stereocenters. The molecule has 1 aliphatic rings. The Morgan fingerprint density at radius 3 is 2.37 bits per heavy atom. The molecule has 0 radical (unpaired) electrons. The van der Waals surface area contributed by atoms with Crippen molar-refractivity contribution in [1.82, 2.24) is 4.90 Å². The molecule has 1 saturated heterocycles. The van der Waals surface area contributed by atoms with Crippen LogP contribution >= 0.6 is 0 Å². The van der Waals surface area contributed by atoms with Crippen molar-refractivity contribution >= 4 is 11.9 Å². The van der Waals surface area contributed by atoms with Crippen LogP contribution in [-0.4, -0.2) is 47.7 Å². The van der Waals surface area contributed by atoms with Gasteiger partial charge in [0.15, 0.2) is 0 Å². The molecular formula is C14H25NO4. The van der Waals surface area contributed by atoms with E-state index in [0.717, 1.165) is 0 Å². The van der Waals surface area contributed by atoms with Gasteiger partial charge in [0.05, 0.1) is 24.5 Å². The number of rotatable bonds is 6. The largest absolute Gasteiger partial charge is 0.481 e.